The number of para-hydroxylation sites is 5. The molecular formula is C58H43NO2. The van der Waals surface area contributed by atoms with Crippen molar-refractivity contribution in [2.24, 2.45) is 0 Å². The van der Waals surface area contributed by atoms with Gasteiger partial charge in [0.15, 0.2) is 0 Å². The first kappa shape index (κ1) is 35.6. The van der Waals surface area contributed by atoms with E-state index in [4.69, 9.17) is 8.83 Å². The van der Waals surface area contributed by atoms with Gasteiger partial charge in [-0.3, -0.25) is 0 Å². The first-order valence-electron chi connectivity index (χ1n) is 21.7. The number of anilines is 3. The van der Waals surface area contributed by atoms with E-state index in [0.29, 0.717) is 5.92 Å². The van der Waals surface area contributed by atoms with Crippen molar-refractivity contribution in [2.75, 3.05) is 4.90 Å². The molecule has 292 valence electrons. The standard InChI is InChI=1S/C58H43NO2/c1-2-16-38(17-3-1)44-25-14-18-39-19-15-26-50(58(39)44)45-22-6-11-29-53(45)59(51-27-9-4-20-42(51)40-32-34-48-46-23-7-12-30-54(46)60-56(48)36-40)52-28-10-5-21-43(52)41-33-35-49-47-24-8-13-31-55(47)61-57(49)37-41/h4-15,18-38H,1-3,16-17H2. The van der Waals surface area contributed by atoms with Crippen molar-refractivity contribution in [1.82, 2.24) is 0 Å². The van der Waals surface area contributed by atoms with Gasteiger partial charge in [-0.2, -0.15) is 0 Å². The molecule has 0 atom stereocenters. The zero-order chi connectivity index (χ0) is 40.3. The van der Waals surface area contributed by atoms with E-state index in [9.17, 15) is 0 Å². The van der Waals surface area contributed by atoms with Crippen LogP contribution in [-0.2, 0) is 0 Å². The summed E-state index contributed by atoms with van der Waals surface area (Å²) in [5, 5.41) is 7.17. The van der Waals surface area contributed by atoms with Gasteiger partial charge in [-0.25, -0.2) is 0 Å². The molecule has 12 rings (SSSR count). The van der Waals surface area contributed by atoms with E-state index in [2.05, 4.69) is 175 Å². The van der Waals surface area contributed by atoms with Gasteiger partial charge in [0.05, 0.1) is 17.1 Å². The highest BCUT2D eigenvalue weighted by molar-refractivity contribution is 6.09. The van der Waals surface area contributed by atoms with Gasteiger partial charge in [0.25, 0.3) is 0 Å². The number of furan rings is 2. The topological polar surface area (TPSA) is 29.5 Å². The van der Waals surface area contributed by atoms with Crippen LogP contribution in [-0.4, -0.2) is 0 Å². The number of nitrogens with zero attached hydrogens (tertiary/aromatic N) is 1. The Labute approximate surface area is 355 Å². The minimum atomic E-state index is 0.560. The van der Waals surface area contributed by atoms with Gasteiger partial charge in [0.1, 0.15) is 22.3 Å². The number of rotatable bonds is 7. The summed E-state index contributed by atoms with van der Waals surface area (Å²) in [6, 6.07) is 70.4. The van der Waals surface area contributed by atoms with Crippen molar-refractivity contribution in [3.8, 4) is 33.4 Å². The van der Waals surface area contributed by atoms with Crippen molar-refractivity contribution >= 4 is 71.7 Å². The lowest BCUT2D eigenvalue weighted by Gasteiger charge is -2.32. The van der Waals surface area contributed by atoms with Crippen LogP contribution >= 0.6 is 0 Å². The normalized spacial score (nSPS) is 13.5. The number of benzene rings is 9. The third-order valence-corrected chi connectivity index (χ3v) is 13.1. The Kier molecular flexibility index (Phi) is 8.59. The molecule has 0 amide bonds. The molecule has 1 saturated carbocycles. The second-order valence-electron chi connectivity index (χ2n) is 16.6. The minimum absolute atomic E-state index is 0.560. The molecule has 0 spiro atoms. The first-order valence-corrected chi connectivity index (χ1v) is 21.7. The van der Waals surface area contributed by atoms with Gasteiger partial charge < -0.3 is 13.7 Å². The van der Waals surface area contributed by atoms with Crippen molar-refractivity contribution in [1.29, 1.82) is 0 Å². The van der Waals surface area contributed by atoms with Gasteiger partial charge in [-0.15, -0.1) is 0 Å². The smallest absolute Gasteiger partial charge is 0.136 e. The van der Waals surface area contributed by atoms with Gasteiger partial charge in [0, 0.05) is 38.2 Å². The molecule has 0 aliphatic heterocycles. The third-order valence-electron chi connectivity index (χ3n) is 13.1. The zero-order valence-electron chi connectivity index (χ0n) is 33.9. The summed E-state index contributed by atoms with van der Waals surface area (Å²) in [7, 11) is 0. The van der Waals surface area contributed by atoms with Crippen LogP contribution < -0.4 is 4.90 Å². The summed E-state index contributed by atoms with van der Waals surface area (Å²) >= 11 is 0. The van der Waals surface area contributed by atoms with Gasteiger partial charge in [0.2, 0.25) is 0 Å². The lowest BCUT2D eigenvalue weighted by molar-refractivity contribution is 0.445. The molecule has 3 nitrogen and oxygen atoms in total. The monoisotopic (exact) mass is 785 g/mol. The molecule has 1 aliphatic rings. The maximum absolute atomic E-state index is 6.47. The van der Waals surface area contributed by atoms with Crippen LogP contribution in [0, 0.1) is 0 Å². The highest BCUT2D eigenvalue weighted by Crippen LogP contribution is 2.50. The SMILES string of the molecule is c1ccc(N(c2ccccc2-c2ccc3c(c2)oc2ccccc23)c2ccccc2-c2cccc3cccc(C4CCCCC4)c23)c(-c2ccc3c(c2)oc2ccccc23)c1. The number of hydrogen-bond acceptors (Lipinski definition) is 3. The molecule has 61 heavy (non-hydrogen) atoms. The Hall–Kier alpha value is -7.36. The van der Waals surface area contributed by atoms with E-state index in [0.717, 1.165) is 83.2 Å². The number of fused-ring (bicyclic) bond motifs is 7. The largest absolute Gasteiger partial charge is 0.456 e. The van der Waals surface area contributed by atoms with Crippen LogP contribution in [0.15, 0.2) is 203 Å². The molecule has 1 aliphatic carbocycles. The molecule has 0 radical (unpaired) electrons. The van der Waals surface area contributed by atoms with Crippen LogP contribution in [0.3, 0.4) is 0 Å². The lowest BCUT2D eigenvalue weighted by atomic mass is 9.80. The van der Waals surface area contributed by atoms with Gasteiger partial charge in [-0.1, -0.05) is 159 Å². The second-order valence-corrected chi connectivity index (χ2v) is 16.6. The van der Waals surface area contributed by atoms with Crippen LogP contribution in [0.1, 0.15) is 43.6 Å². The van der Waals surface area contributed by atoms with Gasteiger partial charge >= 0.3 is 0 Å². The molecule has 0 unspecified atom stereocenters. The Morgan fingerprint density at radius 3 is 1.41 bits per heavy atom. The average molecular weight is 786 g/mol. The Balaban J connectivity index is 1.11. The van der Waals surface area contributed by atoms with Crippen molar-refractivity contribution in [3.05, 3.63) is 200 Å². The van der Waals surface area contributed by atoms with Crippen LogP contribution in [0.25, 0.3) is 88.0 Å². The molecule has 0 saturated heterocycles. The quantitative estimate of drug-likeness (QED) is 0.161. The summed E-state index contributed by atoms with van der Waals surface area (Å²) in [4.78, 5) is 2.49. The maximum Gasteiger partial charge on any atom is 0.136 e. The highest BCUT2D eigenvalue weighted by Gasteiger charge is 2.26. The van der Waals surface area contributed by atoms with E-state index in [-0.39, 0.29) is 0 Å². The summed E-state index contributed by atoms with van der Waals surface area (Å²) in [5.41, 5.74) is 15.2. The van der Waals surface area contributed by atoms with Crippen LogP contribution in [0.5, 0.6) is 0 Å². The molecule has 11 aromatic rings. The van der Waals surface area contributed by atoms with E-state index in [1.807, 2.05) is 24.3 Å². The van der Waals surface area contributed by atoms with Gasteiger partial charge in [-0.05, 0) is 106 Å². The van der Waals surface area contributed by atoms with E-state index >= 15 is 0 Å². The van der Waals surface area contributed by atoms with Crippen molar-refractivity contribution in [3.63, 3.8) is 0 Å². The fourth-order valence-corrected chi connectivity index (χ4v) is 10.2. The molecule has 9 aromatic carbocycles. The molecular weight excluding hydrogens is 743 g/mol. The van der Waals surface area contributed by atoms with E-state index in [1.165, 1.54) is 59.6 Å². The molecule has 2 aromatic heterocycles. The maximum atomic E-state index is 6.47. The minimum Gasteiger partial charge on any atom is -0.456 e. The second kappa shape index (κ2) is 14.7. The molecule has 2 heterocycles. The molecule has 3 heteroatoms. The zero-order valence-corrected chi connectivity index (χ0v) is 33.9. The van der Waals surface area contributed by atoms with E-state index in [1.54, 1.807) is 0 Å². The van der Waals surface area contributed by atoms with E-state index < -0.39 is 0 Å². The van der Waals surface area contributed by atoms with Crippen LogP contribution in [0.2, 0.25) is 0 Å². The van der Waals surface area contributed by atoms with Crippen LogP contribution in [0.4, 0.5) is 17.1 Å². The molecule has 1 fully saturated rings. The third kappa shape index (κ3) is 6.03. The predicted octanol–water partition coefficient (Wildman–Crippen LogP) is 17.2. The molecule has 0 N–H and O–H groups in total. The average Bonchev–Trinajstić information content (AvgIpc) is 3.90. The highest BCUT2D eigenvalue weighted by atomic mass is 16.3. The molecule has 0 bridgehead atoms. The fraction of sp³-hybridized carbons (Fsp3) is 0.103. The van der Waals surface area contributed by atoms with Crippen molar-refractivity contribution in [2.45, 2.75) is 38.0 Å². The Morgan fingerprint density at radius 1 is 0.361 bits per heavy atom. The first-order chi connectivity index (χ1) is 30.3. The summed E-state index contributed by atoms with van der Waals surface area (Å²) in [5.74, 6) is 0.560. The predicted molar refractivity (Wildman–Crippen MR) is 255 cm³/mol. The van der Waals surface area contributed by atoms with Crippen molar-refractivity contribution < 1.29 is 8.83 Å². The summed E-state index contributed by atoms with van der Waals surface area (Å²) < 4.78 is 12.9. The number of hydrogen-bond donors (Lipinski definition) is 0. The fourth-order valence-electron chi connectivity index (χ4n) is 10.2. The Morgan fingerprint density at radius 2 is 0.820 bits per heavy atom. The lowest BCUT2D eigenvalue weighted by Crippen LogP contribution is -2.13. The summed E-state index contributed by atoms with van der Waals surface area (Å²) in [6.45, 7) is 0. The Bertz CT molecular complexity index is 3270. The summed E-state index contributed by atoms with van der Waals surface area (Å²) in [6.07, 6.45) is 6.40.